The molecule has 5 aromatic rings. The zero-order valence-corrected chi connectivity index (χ0v) is 21.7. The lowest BCUT2D eigenvalue weighted by atomic mass is 10.0. The van der Waals surface area contributed by atoms with Gasteiger partial charge in [0, 0.05) is 18.5 Å². The molecule has 0 aliphatic rings. The Bertz CT molecular complexity index is 1680. The van der Waals surface area contributed by atoms with E-state index in [4.69, 9.17) is 9.72 Å². The summed E-state index contributed by atoms with van der Waals surface area (Å²) in [6, 6.07) is 30.9. The van der Waals surface area contributed by atoms with Crippen LogP contribution in [0.1, 0.15) is 24.7 Å². The second kappa shape index (κ2) is 10.9. The molecule has 5 rings (SSSR count). The van der Waals surface area contributed by atoms with Gasteiger partial charge in [-0.15, -0.1) is 0 Å². The number of carbonyl (C=O) groups is 1. The maximum atomic E-state index is 12.5. The Kier molecular flexibility index (Phi) is 7.24. The molecule has 38 heavy (non-hydrogen) atoms. The predicted molar refractivity (Wildman–Crippen MR) is 147 cm³/mol. The number of para-hydroxylation sites is 3. The minimum atomic E-state index is -4.04. The highest BCUT2D eigenvalue weighted by Crippen LogP contribution is 2.30. The topological polar surface area (TPSA) is 90.3 Å². The van der Waals surface area contributed by atoms with Crippen LogP contribution in [-0.4, -0.2) is 24.1 Å². The van der Waals surface area contributed by atoms with E-state index in [1.807, 2.05) is 59.3 Å². The maximum Gasteiger partial charge on any atom is 0.426 e. The molecule has 0 saturated carbocycles. The van der Waals surface area contributed by atoms with Crippen LogP contribution in [0, 0.1) is 0 Å². The van der Waals surface area contributed by atoms with Gasteiger partial charge in [0.25, 0.3) is 10.0 Å². The summed E-state index contributed by atoms with van der Waals surface area (Å²) in [5.74, 6) is 1.32. The summed E-state index contributed by atoms with van der Waals surface area (Å²) >= 11 is 0. The normalized spacial score (nSPS) is 11.4. The summed E-state index contributed by atoms with van der Waals surface area (Å²) in [7, 11) is -4.04. The van der Waals surface area contributed by atoms with Crippen molar-refractivity contribution in [2.45, 2.75) is 31.2 Å². The van der Waals surface area contributed by atoms with Crippen molar-refractivity contribution in [3.05, 3.63) is 115 Å². The van der Waals surface area contributed by atoms with Gasteiger partial charge in [-0.25, -0.2) is 22.9 Å². The van der Waals surface area contributed by atoms with Gasteiger partial charge >= 0.3 is 6.09 Å². The third-order valence-corrected chi connectivity index (χ3v) is 7.50. The average Bonchev–Trinajstić information content (AvgIpc) is 3.27. The first kappa shape index (κ1) is 25.2. The van der Waals surface area contributed by atoms with Gasteiger partial charge in [-0.3, -0.25) is 0 Å². The second-order valence-corrected chi connectivity index (χ2v) is 10.5. The van der Waals surface area contributed by atoms with Gasteiger partial charge in [0.1, 0.15) is 11.6 Å². The number of aromatic nitrogens is 2. The van der Waals surface area contributed by atoms with Crippen LogP contribution in [0.4, 0.5) is 4.79 Å². The average molecular weight is 526 g/mol. The minimum absolute atomic E-state index is 0.0198. The summed E-state index contributed by atoms with van der Waals surface area (Å²) in [5.41, 5.74) is 4.72. The number of nitrogens with zero attached hydrogens (tertiary/aromatic N) is 2. The van der Waals surface area contributed by atoms with E-state index in [0.29, 0.717) is 12.1 Å². The highest BCUT2D eigenvalue weighted by molar-refractivity contribution is 7.90. The highest BCUT2D eigenvalue weighted by Gasteiger charge is 2.20. The van der Waals surface area contributed by atoms with Crippen LogP contribution >= 0.6 is 0 Å². The third-order valence-electron chi connectivity index (χ3n) is 6.17. The zero-order valence-electron chi connectivity index (χ0n) is 20.9. The number of aryl methyl sites for hydroxylation is 1. The number of ether oxygens (including phenoxy) is 1. The quantitative estimate of drug-likeness (QED) is 0.261. The number of nitrogens with one attached hydrogen (secondary N) is 1. The molecule has 0 unspecified atom stereocenters. The maximum absolute atomic E-state index is 12.5. The van der Waals surface area contributed by atoms with E-state index in [0.717, 1.165) is 40.8 Å². The van der Waals surface area contributed by atoms with Crippen molar-refractivity contribution in [3.63, 3.8) is 0 Å². The molecule has 1 aromatic heterocycles. The SMILES string of the molecule is CCCc1nc2ccccc2n1Cc1ccc(-c2ccccc2OC(=O)NS(=O)(=O)c2ccccc2)cc1. The number of fused-ring (bicyclic) bond motifs is 1. The first-order chi connectivity index (χ1) is 18.4. The molecule has 0 spiro atoms. The van der Waals surface area contributed by atoms with Crippen molar-refractivity contribution in [3.8, 4) is 16.9 Å². The van der Waals surface area contributed by atoms with E-state index < -0.39 is 16.1 Å². The lowest BCUT2D eigenvalue weighted by molar-refractivity contribution is 0.207. The summed E-state index contributed by atoms with van der Waals surface area (Å²) in [6.45, 7) is 2.84. The molecular formula is C30H27N3O4S. The van der Waals surface area contributed by atoms with Gasteiger partial charge in [-0.1, -0.05) is 79.7 Å². The standard InChI is InChI=1S/C30H27N3O4S/c1-2-10-29-31-26-14-7-8-15-27(26)33(29)21-22-17-19-23(20-18-22)25-13-6-9-16-28(25)37-30(34)32-38(35,36)24-11-4-3-5-12-24/h3-9,11-20H,2,10,21H2,1H3,(H,32,34). The predicted octanol–water partition coefficient (Wildman–Crippen LogP) is 6.18. The van der Waals surface area contributed by atoms with Crippen LogP contribution in [0.2, 0.25) is 0 Å². The molecule has 8 heteroatoms. The molecule has 0 aliphatic heterocycles. The van der Waals surface area contributed by atoms with Crippen molar-refractivity contribution >= 4 is 27.1 Å². The van der Waals surface area contributed by atoms with Crippen molar-refractivity contribution < 1.29 is 17.9 Å². The van der Waals surface area contributed by atoms with E-state index in [-0.39, 0.29) is 10.6 Å². The molecule has 0 atom stereocenters. The Hall–Kier alpha value is -4.43. The number of carbonyl (C=O) groups excluding carboxylic acids is 1. The van der Waals surface area contributed by atoms with Crippen LogP contribution in [0.15, 0.2) is 108 Å². The van der Waals surface area contributed by atoms with E-state index in [1.165, 1.54) is 12.1 Å². The fourth-order valence-electron chi connectivity index (χ4n) is 4.37. The third kappa shape index (κ3) is 5.45. The lowest BCUT2D eigenvalue weighted by Gasteiger charge is -2.13. The van der Waals surface area contributed by atoms with Crippen LogP contribution in [-0.2, 0) is 23.0 Å². The van der Waals surface area contributed by atoms with Crippen molar-refractivity contribution in [1.29, 1.82) is 0 Å². The molecule has 4 aromatic carbocycles. The van der Waals surface area contributed by atoms with Gasteiger partial charge in [0.05, 0.1) is 15.9 Å². The summed E-state index contributed by atoms with van der Waals surface area (Å²) in [6.07, 6.45) is 0.840. The van der Waals surface area contributed by atoms with E-state index in [2.05, 4.69) is 17.6 Å². The van der Waals surface area contributed by atoms with Crippen molar-refractivity contribution in [1.82, 2.24) is 14.3 Å². The Morgan fingerprint density at radius 1 is 0.868 bits per heavy atom. The van der Waals surface area contributed by atoms with Crippen LogP contribution < -0.4 is 9.46 Å². The van der Waals surface area contributed by atoms with Gasteiger partial charge in [-0.2, -0.15) is 0 Å². The number of hydrogen-bond acceptors (Lipinski definition) is 5. The molecule has 1 amide bonds. The molecular weight excluding hydrogens is 498 g/mol. The number of rotatable bonds is 8. The summed E-state index contributed by atoms with van der Waals surface area (Å²) < 4.78 is 34.6. The molecule has 7 nitrogen and oxygen atoms in total. The van der Waals surface area contributed by atoms with Crippen LogP contribution in [0.25, 0.3) is 22.2 Å². The van der Waals surface area contributed by atoms with Crippen LogP contribution in [0.3, 0.4) is 0 Å². The number of benzene rings is 4. The summed E-state index contributed by atoms with van der Waals surface area (Å²) in [5, 5.41) is 0. The number of hydrogen-bond donors (Lipinski definition) is 1. The largest absolute Gasteiger partial charge is 0.426 e. The van der Waals surface area contributed by atoms with E-state index >= 15 is 0 Å². The second-order valence-electron chi connectivity index (χ2n) is 8.85. The Morgan fingerprint density at radius 2 is 1.55 bits per heavy atom. The molecule has 192 valence electrons. The smallest absolute Gasteiger partial charge is 0.409 e. The van der Waals surface area contributed by atoms with Gasteiger partial charge in [0.15, 0.2) is 0 Å². The monoisotopic (exact) mass is 525 g/mol. The fraction of sp³-hybridized carbons (Fsp3) is 0.133. The Morgan fingerprint density at radius 3 is 2.32 bits per heavy atom. The van der Waals surface area contributed by atoms with E-state index in [9.17, 15) is 13.2 Å². The molecule has 0 bridgehead atoms. The fourth-order valence-corrected chi connectivity index (χ4v) is 5.27. The minimum Gasteiger partial charge on any atom is -0.409 e. The lowest BCUT2D eigenvalue weighted by Crippen LogP contribution is -2.33. The molecule has 0 saturated heterocycles. The first-order valence-electron chi connectivity index (χ1n) is 12.4. The van der Waals surface area contributed by atoms with Crippen LogP contribution in [0.5, 0.6) is 5.75 Å². The molecule has 0 aliphatic carbocycles. The molecule has 1 N–H and O–H groups in total. The van der Waals surface area contributed by atoms with E-state index in [1.54, 1.807) is 30.3 Å². The molecule has 0 fully saturated rings. The first-order valence-corrected chi connectivity index (χ1v) is 13.8. The zero-order chi connectivity index (χ0) is 26.5. The Labute approximate surface area is 221 Å². The number of imidazole rings is 1. The van der Waals surface area contributed by atoms with Gasteiger partial charge < -0.3 is 9.30 Å². The highest BCUT2D eigenvalue weighted by atomic mass is 32.2. The molecule has 1 heterocycles. The van der Waals surface area contributed by atoms with Gasteiger partial charge in [0.2, 0.25) is 0 Å². The van der Waals surface area contributed by atoms with Gasteiger partial charge in [-0.05, 0) is 47.9 Å². The Balaban J connectivity index is 1.35. The van der Waals surface area contributed by atoms with Crippen molar-refractivity contribution in [2.75, 3.05) is 0 Å². The van der Waals surface area contributed by atoms with Crippen molar-refractivity contribution in [2.24, 2.45) is 0 Å². The summed E-state index contributed by atoms with van der Waals surface area (Å²) in [4.78, 5) is 17.3. The number of amides is 1. The molecule has 0 radical (unpaired) electrons. The number of sulfonamides is 1.